The molecule has 0 amide bonds. The molecule has 4 heteroatoms. The molecule has 1 N–H and O–H groups in total. The highest BCUT2D eigenvalue weighted by atomic mass is 19.1. The minimum absolute atomic E-state index is 0.0833. The number of halogens is 1. The summed E-state index contributed by atoms with van der Waals surface area (Å²) >= 11 is 0. The Morgan fingerprint density at radius 3 is 2.92 bits per heavy atom. The van der Waals surface area contributed by atoms with Gasteiger partial charge in [-0.05, 0) is 29.7 Å². The number of nitriles is 1. The second kappa shape index (κ2) is 6.26. The first-order chi connectivity index (χ1) is 11.6. The van der Waals surface area contributed by atoms with Crippen LogP contribution in [0.2, 0.25) is 0 Å². The monoisotopic (exact) mass is 323 g/mol. The van der Waals surface area contributed by atoms with Gasteiger partial charge in [-0.3, -0.25) is 0 Å². The van der Waals surface area contributed by atoms with E-state index in [1.165, 1.54) is 0 Å². The van der Waals surface area contributed by atoms with Crippen molar-refractivity contribution < 1.29 is 9.40 Å². The van der Waals surface area contributed by atoms with E-state index in [1.807, 2.05) is 24.3 Å². The molecule has 24 heavy (non-hydrogen) atoms. The van der Waals surface area contributed by atoms with Gasteiger partial charge in [0.2, 0.25) is 0 Å². The predicted molar refractivity (Wildman–Crippen MR) is 93.3 cm³/mol. The van der Waals surface area contributed by atoms with Crippen LogP contribution in [-0.2, 0) is 6.42 Å². The Hall–Kier alpha value is -2.38. The SMILES string of the molecule is C=C(CCC)C1(CC)Cc2ccc(C#N)c(F)c2C2=CC=C[N-][NH+]21. The van der Waals surface area contributed by atoms with Crippen molar-refractivity contribution >= 4 is 5.70 Å². The van der Waals surface area contributed by atoms with Crippen molar-refractivity contribution in [2.75, 3.05) is 0 Å². The summed E-state index contributed by atoms with van der Waals surface area (Å²) < 4.78 is 14.9. The summed E-state index contributed by atoms with van der Waals surface area (Å²) in [6.45, 7) is 8.64. The molecule has 0 spiro atoms. The van der Waals surface area contributed by atoms with Crippen molar-refractivity contribution in [3.63, 3.8) is 0 Å². The molecule has 3 nitrogen and oxygen atoms in total. The van der Waals surface area contributed by atoms with Gasteiger partial charge in [-0.2, -0.15) is 5.26 Å². The molecule has 0 saturated carbocycles. The van der Waals surface area contributed by atoms with E-state index in [4.69, 9.17) is 5.26 Å². The number of fused-ring (bicyclic) bond motifs is 3. The van der Waals surface area contributed by atoms with Crippen LogP contribution in [-0.4, -0.2) is 5.54 Å². The molecule has 0 saturated heterocycles. The molecular formula is C20H22FN3. The van der Waals surface area contributed by atoms with Crippen LogP contribution in [0.5, 0.6) is 0 Å². The highest BCUT2D eigenvalue weighted by Gasteiger charge is 2.46. The van der Waals surface area contributed by atoms with Gasteiger partial charge in [-0.25, -0.2) is 4.39 Å². The second-order valence-corrected chi connectivity index (χ2v) is 6.44. The fourth-order valence-electron chi connectivity index (χ4n) is 3.91. The van der Waals surface area contributed by atoms with Crippen molar-refractivity contribution in [2.24, 2.45) is 0 Å². The summed E-state index contributed by atoms with van der Waals surface area (Å²) in [5.41, 5.74) is 7.87. The van der Waals surface area contributed by atoms with Gasteiger partial charge in [0.15, 0.2) is 5.82 Å². The second-order valence-electron chi connectivity index (χ2n) is 6.44. The molecule has 1 aromatic carbocycles. The van der Waals surface area contributed by atoms with E-state index in [0.29, 0.717) is 12.0 Å². The number of rotatable bonds is 4. The van der Waals surface area contributed by atoms with Gasteiger partial charge in [0.1, 0.15) is 17.3 Å². The van der Waals surface area contributed by atoms with E-state index in [1.54, 1.807) is 12.3 Å². The molecule has 3 rings (SSSR count). The predicted octanol–water partition coefficient (Wildman–Crippen LogP) is 3.80. The average molecular weight is 323 g/mol. The molecule has 124 valence electrons. The Kier molecular flexibility index (Phi) is 4.29. The molecule has 2 aliphatic rings. The fraction of sp³-hybridized carbons (Fsp3) is 0.350. The molecule has 0 fully saturated rings. The van der Waals surface area contributed by atoms with E-state index in [2.05, 4.69) is 25.9 Å². The minimum atomic E-state index is -0.435. The van der Waals surface area contributed by atoms with Crippen molar-refractivity contribution in [3.05, 3.63) is 70.6 Å². The lowest BCUT2D eigenvalue weighted by atomic mass is 9.74. The quantitative estimate of drug-likeness (QED) is 0.841. The molecule has 0 aromatic heterocycles. The van der Waals surface area contributed by atoms with Gasteiger partial charge in [0.05, 0.1) is 11.1 Å². The summed E-state index contributed by atoms with van der Waals surface area (Å²) in [6, 6.07) is 5.41. The maximum absolute atomic E-state index is 14.9. The largest absolute Gasteiger partial charge is 0.489 e. The Morgan fingerprint density at radius 2 is 2.25 bits per heavy atom. The van der Waals surface area contributed by atoms with Crippen LogP contribution in [0.4, 0.5) is 4.39 Å². The summed E-state index contributed by atoms with van der Waals surface area (Å²) in [4.78, 5) is 0. The zero-order valence-electron chi connectivity index (χ0n) is 14.2. The summed E-state index contributed by atoms with van der Waals surface area (Å²) in [6.07, 6.45) is 9.01. The molecule has 0 radical (unpaired) electrons. The van der Waals surface area contributed by atoms with Crippen molar-refractivity contribution in [1.82, 2.24) is 0 Å². The summed E-state index contributed by atoms with van der Waals surface area (Å²) in [7, 11) is 0. The number of benzene rings is 1. The van der Waals surface area contributed by atoms with Gasteiger partial charge >= 0.3 is 0 Å². The first kappa shape index (κ1) is 16.5. The summed E-state index contributed by atoms with van der Waals surface area (Å²) in [5.74, 6) is -0.435. The lowest BCUT2D eigenvalue weighted by Crippen LogP contribution is -3.16. The first-order valence-corrected chi connectivity index (χ1v) is 8.44. The van der Waals surface area contributed by atoms with E-state index in [9.17, 15) is 4.39 Å². The Balaban J connectivity index is 2.22. The van der Waals surface area contributed by atoms with Gasteiger partial charge in [0, 0.05) is 12.8 Å². The normalized spacial score (nSPS) is 24.2. The van der Waals surface area contributed by atoms with Gasteiger partial charge in [-0.15, -0.1) is 6.20 Å². The lowest BCUT2D eigenvalue weighted by Gasteiger charge is -2.52. The number of hydrogen-bond donors (Lipinski definition) is 1. The van der Waals surface area contributed by atoms with E-state index in [-0.39, 0.29) is 11.1 Å². The molecule has 2 atom stereocenters. The Labute approximate surface area is 142 Å². The smallest absolute Gasteiger partial charge is 0.154 e. The van der Waals surface area contributed by atoms with Gasteiger partial charge in [0.25, 0.3) is 0 Å². The number of allylic oxidation sites excluding steroid dienone is 2. The van der Waals surface area contributed by atoms with Gasteiger partial charge in [-0.1, -0.05) is 39.0 Å². The van der Waals surface area contributed by atoms with Crippen molar-refractivity contribution in [2.45, 2.75) is 45.1 Å². The Morgan fingerprint density at radius 1 is 1.46 bits per heavy atom. The third-order valence-electron chi connectivity index (χ3n) is 5.20. The average Bonchev–Trinajstić information content (AvgIpc) is 2.61. The minimum Gasteiger partial charge on any atom is -0.489 e. The molecule has 0 aliphatic carbocycles. The maximum Gasteiger partial charge on any atom is 0.154 e. The molecule has 1 aromatic rings. The molecule has 2 aliphatic heterocycles. The third-order valence-corrected chi connectivity index (χ3v) is 5.20. The van der Waals surface area contributed by atoms with Crippen LogP contribution in [0.1, 0.15) is 49.8 Å². The number of nitrogens with zero attached hydrogens (tertiary/aromatic N) is 2. The zero-order valence-corrected chi connectivity index (χ0v) is 14.2. The highest BCUT2D eigenvalue weighted by molar-refractivity contribution is 5.69. The molecular weight excluding hydrogens is 301 g/mol. The van der Waals surface area contributed by atoms with Gasteiger partial charge < -0.3 is 10.4 Å². The number of nitrogens with one attached hydrogen (secondary N) is 1. The molecule has 0 bridgehead atoms. The summed E-state index contributed by atoms with van der Waals surface area (Å²) in [5, 5.41) is 10.1. The van der Waals surface area contributed by atoms with Crippen LogP contribution in [0, 0.1) is 17.1 Å². The highest BCUT2D eigenvalue weighted by Crippen LogP contribution is 2.36. The van der Waals surface area contributed by atoms with E-state index < -0.39 is 5.82 Å². The molecule has 2 unspecified atom stereocenters. The number of hydrogen-bond acceptors (Lipinski definition) is 1. The van der Waals surface area contributed by atoms with E-state index >= 15 is 0 Å². The van der Waals surface area contributed by atoms with Crippen LogP contribution in [0.15, 0.2) is 42.6 Å². The van der Waals surface area contributed by atoms with Crippen LogP contribution < -0.4 is 5.01 Å². The van der Waals surface area contributed by atoms with Crippen molar-refractivity contribution in [3.8, 4) is 6.07 Å². The number of quaternary nitrogens is 1. The maximum atomic E-state index is 14.9. The van der Waals surface area contributed by atoms with E-state index in [0.717, 1.165) is 41.1 Å². The fourth-order valence-corrected chi connectivity index (χ4v) is 3.91. The van der Waals surface area contributed by atoms with Crippen LogP contribution in [0.25, 0.3) is 11.1 Å². The van der Waals surface area contributed by atoms with Crippen LogP contribution in [0.3, 0.4) is 0 Å². The Bertz CT molecular complexity index is 785. The third kappa shape index (κ3) is 2.28. The topological polar surface area (TPSA) is 42.3 Å². The van der Waals surface area contributed by atoms with Crippen LogP contribution >= 0.6 is 0 Å². The standard InChI is InChI=1S/C20H22FN3/c1-4-7-14(3)20(5-2)12-15-9-10-16(13-22)19(21)18(15)17-8-6-11-23-24(17)20/h6,8-11,24H,3-5,7,12H2,1-2H3. The van der Waals surface area contributed by atoms with Crippen molar-refractivity contribution in [1.29, 1.82) is 5.26 Å². The lowest BCUT2D eigenvalue weighted by molar-refractivity contribution is -0.840. The first-order valence-electron chi connectivity index (χ1n) is 8.44. The molecule has 2 heterocycles. The zero-order chi connectivity index (χ0) is 17.3.